The van der Waals surface area contributed by atoms with Crippen LogP contribution in [0.1, 0.15) is 0 Å². The Hall–Kier alpha value is -0.200. The molecular formula is C6H13NO4. The number of hydrogen-bond donors (Lipinski definition) is 4. The van der Waals surface area contributed by atoms with Crippen LogP contribution in [0.5, 0.6) is 0 Å². The zero-order valence-corrected chi connectivity index (χ0v) is 6.05. The molecule has 0 radical (unpaired) electrons. The number of aliphatic hydroxyl groups excluding tert-OH is 3. The highest BCUT2D eigenvalue weighted by Crippen LogP contribution is 2.16. The molecule has 0 aromatic carbocycles. The van der Waals surface area contributed by atoms with Crippen LogP contribution in [0, 0.1) is 0 Å². The van der Waals surface area contributed by atoms with Gasteiger partial charge in [0.15, 0.2) is 0 Å². The molecule has 5 heteroatoms. The van der Waals surface area contributed by atoms with Crippen molar-refractivity contribution in [1.29, 1.82) is 0 Å². The summed E-state index contributed by atoms with van der Waals surface area (Å²) in [6.07, 6.45) is -3.56. The predicted molar refractivity (Wildman–Crippen MR) is 36.8 cm³/mol. The summed E-state index contributed by atoms with van der Waals surface area (Å²) < 4.78 is 4.90. The summed E-state index contributed by atoms with van der Waals surface area (Å²) in [5.74, 6) is 0. The molecule has 1 fully saturated rings. The molecular weight excluding hydrogens is 150 g/mol. The van der Waals surface area contributed by atoms with E-state index in [1.165, 1.54) is 0 Å². The molecule has 0 aliphatic carbocycles. The molecule has 0 amide bonds. The van der Waals surface area contributed by atoms with Gasteiger partial charge in [0.2, 0.25) is 0 Å². The van der Waals surface area contributed by atoms with Crippen LogP contribution in [0.3, 0.4) is 0 Å². The normalized spacial score (nSPS) is 40.9. The van der Waals surface area contributed by atoms with Gasteiger partial charge in [0.05, 0.1) is 12.7 Å². The molecule has 1 saturated heterocycles. The predicted octanol–water partition coefficient (Wildman–Crippen LogP) is -2.57. The fourth-order valence-corrected chi connectivity index (χ4v) is 1.10. The fourth-order valence-electron chi connectivity index (χ4n) is 1.10. The summed E-state index contributed by atoms with van der Waals surface area (Å²) in [4.78, 5) is 0. The smallest absolute Gasteiger partial charge is 0.113 e. The van der Waals surface area contributed by atoms with Crippen LogP contribution in [-0.4, -0.2) is 52.9 Å². The van der Waals surface area contributed by atoms with Crippen molar-refractivity contribution in [2.45, 2.75) is 24.4 Å². The van der Waals surface area contributed by atoms with Gasteiger partial charge in [0, 0.05) is 6.54 Å². The maximum atomic E-state index is 9.17. The van der Waals surface area contributed by atoms with E-state index < -0.39 is 24.4 Å². The van der Waals surface area contributed by atoms with E-state index in [1.54, 1.807) is 0 Å². The van der Waals surface area contributed by atoms with Crippen LogP contribution in [-0.2, 0) is 4.74 Å². The summed E-state index contributed by atoms with van der Waals surface area (Å²) in [6.45, 7) is 0.0807. The van der Waals surface area contributed by atoms with Gasteiger partial charge < -0.3 is 25.8 Å². The van der Waals surface area contributed by atoms with Crippen molar-refractivity contribution < 1.29 is 20.1 Å². The van der Waals surface area contributed by atoms with E-state index in [0.717, 1.165) is 0 Å². The van der Waals surface area contributed by atoms with Crippen molar-refractivity contribution in [1.82, 2.24) is 0 Å². The molecule has 66 valence electrons. The highest BCUT2D eigenvalue weighted by Gasteiger charge is 2.38. The van der Waals surface area contributed by atoms with Gasteiger partial charge in [-0.1, -0.05) is 0 Å². The molecule has 0 bridgehead atoms. The second kappa shape index (κ2) is 3.46. The quantitative estimate of drug-likeness (QED) is 0.359. The molecule has 5 N–H and O–H groups in total. The minimum Gasteiger partial charge on any atom is -0.389 e. The van der Waals surface area contributed by atoms with Gasteiger partial charge in [-0.15, -0.1) is 0 Å². The number of hydrogen-bond acceptors (Lipinski definition) is 5. The van der Waals surface area contributed by atoms with Gasteiger partial charge in [0.1, 0.15) is 18.3 Å². The molecule has 1 heterocycles. The monoisotopic (exact) mass is 163 g/mol. The minimum atomic E-state index is -1.02. The minimum absolute atomic E-state index is 0.0223. The van der Waals surface area contributed by atoms with Crippen molar-refractivity contribution in [3.05, 3.63) is 0 Å². The first-order valence-electron chi connectivity index (χ1n) is 3.52. The third-order valence-electron chi connectivity index (χ3n) is 1.81. The average Bonchev–Trinajstić information content (AvgIpc) is 2.32. The molecule has 0 unspecified atom stereocenters. The van der Waals surface area contributed by atoms with E-state index in [2.05, 4.69) is 0 Å². The van der Waals surface area contributed by atoms with E-state index >= 15 is 0 Å². The second-order valence-corrected chi connectivity index (χ2v) is 2.66. The van der Waals surface area contributed by atoms with Crippen molar-refractivity contribution in [3.8, 4) is 0 Å². The Bertz CT molecular complexity index is 132. The van der Waals surface area contributed by atoms with E-state index in [1.807, 2.05) is 0 Å². The molecule has 0 spiro atoms. The number of aliphatic hydroxyl groups is 3. The van der Waals surface area contributed by atoms with Gasteiger partial charge in [-0.05, 0) is 0 Å². The molecule has 1 aliphatic rings. The summed E-state index contributed by atoms with van der Waals surface area (Å²) in [5.41, 5.74) is 5.14. The van der Waals surface area contributed by atoms with Crippen LogP contribution >= 0.6 is 0 Å². The van der Waals surface area contributed by atoms with Crippen LogP contribution in [0.4, 0.5) is 0 Å². The third-order valence-corrected chi connectivity index (χ3v) is 1.81. The summed E-state index contributed by atoms with van der Waals surface area (Å²) in [6, 6.07) is 0. The topological polar surface area (TPSA) is 95.9 Å². The highest BCUT2D eigenvalue weighted by atomic mass is 16.5. The van der Waals surface area contributed by atoms with Gasteiger partial charge >= 0.3 is 0 Å². The number of rotatable bonds is 2. The Kier molecular flexibility index (Phi) is 2.80. The molecule has 0 aromatic rings. The lowest BCUT2D eigenvalue weighted by atomic mass is 10.1. The second-order valence-electron chi connectivity index (χ2n) is 2.66. The first kappa shape index (κ1) is 8.89. The maximum absolute atomic E-state index is 9.17. The lowest BCUT2D eigenvalue weighted by molar-refractivity contribution is -0.0465. The molecule has 11 heavy (non-hydrogen) atoms. The van der Waals surface area contributed by atoms with Gasteiger partial charge in [-0.3, -0.25) is 0 Å². The Morgan fingerprint density at radius 2 is 2.18 bits per heavy atom. The first-order chi connectivity index (χ1) is 5.16. The maximum Gasteiger partial charge on any atom is 0.113 e. The third kappa shape index (κ3) is 1.69. The van der Waals surface area contributed by atoms with E-state index in [-0.39, 0.29) is 13.2 Å². The Labute approximate surface area is 64.4 Å². The summed E-state index contributed by atoms with van der Waals surface area (Å²) >= 11 is 0. The fraction of sp³-hybridized carbons (Fsp3) is 1.00. The molecule has 4 atom stereocenters. The zero-order chi connectivity index (χ0) is 8.43. The Balaban J connectivity index is 2.47. The molecule has 0 saturated carbocycles. The van der Waals surface area contributed by atoms with E-state index in [4.69, 9.17) is 25.8 Å². The number of nitrogens with two attached hydrogens (primary N) is 1. The Morgan fingerprint density at radius 3 is 2.55 bits per heavy atom. The number of ether oxygens (including phenoxy) is 1. The summed E-state index contributed by atoms with van der Waals surface area (Å²) in [5, 5.41) is 27.3. The zero-order valence-electron chi connectivity index (χ0n) is 6.05. The van der Waals surface area contributed by atoms with Crippen molar-refractivity contribution >= 4 is 0 Å². The van der Waals surface area contributed by atoms with E-state index in [9.17, 15) is 0 Å². The van der Waals surface area contributed by atoms with Crippen molar-refractivity contribution in [3.63, 3.8) is 0 Å². The SMILES string of the molecule is NC[C@H](O)[C@H]1OC[C@@H](O)[C@@H]1O. The van der Waals surface area contributed by atoms with Crippen molar-refractivity contribution in [2.75, 3.05) is 13.2 Å². The lowest BCUT2D eigenvalue weighted by Gasteiger charge is -2.19. The van der Waals surface area contributed by atoms with Crippen LogP contribution in [0.25, 0.3) is 0 Å². The molecule has 5 nitrogen and oxygen atoms in total. The highest BCUT2D eigenvalue weighted by molar-refractivity contribution is 4.87. The van der Waals surface area contributed by atoms with Crippen molar-refractivity contribution in [2.24, 2.45) is 5.73 Å². The lowest BCUT2D eigenvalue weighted by Crippen LogP contribution is -2.42. The summed E-state index contributed by atoms with van der Waals surface area (Å²) in [7, 11) is 0. The molecule has 1 aliphatic heterocycles. The van der Waals surface area contributed by atoms with Crippen LogP contribution < -0.4 is 5.73 Å². The molecule has 0 aromatic heterocycles. The largest absolute Gasteiger partial charge is 0.389 e. The Morgan fingerprint density at radius 1 is 1.55 bits per heavy atom. The van der Waals surface area contributed by atoms with Gasteiger partial charge in [-0.2, -0.15) is 0 Å². The van der Waals surface area contributed by atoms with E-state index in [0.29, 0.717) is 0 Å². The standard InChI is InChI=1S/C6H13NO4/c7-1-3(8)6-5(10)4(9)2-11-6/h3-6,8-10H,1-2,7H2/t3-,4+,5-,6+/m0/s1. The molecule has 1 rings (SSSR count). The van der Waals surface area contributed by atoms with Gasteiger partial charge in [-0.25, -0.2) is 0 Å². The average molecular weight is 163 g/mol. The van der Waals surface area contributed by atoms with Crippen LogP contribution in [0.2, 0.25) is 0 Å². The first-order valence-corrected chi connectivity index (χ1v) is 3.52. The van der Waals surface area contributed by atoms with Gasteiger partial charge in [0.25, 0.3) is 0 Å². The van der Waals surface area contributed by atoms with Crippen LogP contribution in [0.15, 0.2) is 0 Å².